The number of hydrogen-bond acceptors (Lipinski definition) is 2. The molecule has 0 fully saturated rings. The Kier molecular flexibility index (Phi) is 3.62. The van der Waals surface area contributed by atoms with Crippen LogP contribution in [-0.2, 0) is 9.59 Å². The average Bonchev–Trinajstić information content (AvgIpc) is 2.59. The van der Waals surface area contributed by atoms with E-state index >= 15 is 0 Å². The van der Waals surface area contributed by atoms with Gasteiger partial charge in [-0.15, -0.1) is 0 Å². The molecule has 0 spiro atoms. The van der Waals surface area contributed by atoms with E-state index in [2.05, 4.69) is 0 Å². The van der Waals surface area contributed by atoms with Crippen molar-refractivity contribution < 1.29 is 9.59 Å². The summed E-state index contributed by atoms with van der Waals surface area (Å²) in [5.74, 6) is -1.09. The van der Waals surface area contributed by atoms with Crippen LogP contribution in [0.15, 0.2) is 48.5 Å². The maximum Gasteiger partial charge on any atom is 0.316 e. The lowest BCUT2D eigenvalue weighted by Gasteiger charge is -2.27. The summed E-state index contributed by atoms with van der Waals surface area (Å²) in [5.41, 5.74) is 2.47. The van der Waals surface area contributed by atoms with Crippen LogP contribution in [-0.4, -0.2) is 30.8 Å². The number of fused-ring (bicyclic) bond motifs is 1. The molecule has 0 aromatic heterocycles. The van der Waals surface area contributed by atoms with Gasteiger partial charge in [0.2, 0.25) is 0 Å². The third kappa shape index (κ3) is 2.25. The van der Waals surface area contributed by atoms with Crippen LogP contribution in [0.1, 0.15) is 17.2 Å². The van der Waals surface area contributed by atoms with Crippen molar-refractivity contribution in [3.05, 3.63) is 64.7 Å². The Morgan fingerprint density at radius 1 is 0.955 bits per heavy atom. The van der Waals surface area contributed by atoms with E-state index in [0.717, 1.165) is 11.1 Å². The molecule has 3 rings (SSSR count). The zero-order valence-corrected chi connectivity index (χ0v) is 13.0. The van der Waals surface area contributed by atoms with Crippen molar-refractivity contribution in [2.75, 3.05) is 19.0 Å². The van der Waals surface area contributed by atoms with E-state index in [1.54, 1.807) is 26.2 Å². The highest BCUT2D eigenvalue weighted by Crippen LogP contribution is 2.38. The number of anilines is 1. The molecule has 1 aliphatic heterocycles. The quantitative estimate of drug-likeness (QED) is 0.759. The van der Waals surface area contributed by atoms with E-state index in [0.29, 0.717) is 10.7 Å². The summed E-state index contributed by atoms with van der Waals surface area (Å²) in [7, 11) is 3.25. The average molecular weight is 315 g/mol. The van der Waals surface area contributed by atoms with Crippen LogP contribution >= 0.6 is 11.6 Å². The minimum absolute atomic E-state index is 0.351. The molecular formula is C17H15ClN2O2. The maximum absolute atomic E-state index is 12.4. The molecule has 2 amide bonds. The zero-order valence-electron chi connectivity index (χ0n) is 12.3. The van der Waals surface area contributed by atoms with Crippen molar-refractivity contribution in [1.82, 2.24) is 4.90 Å². The lowest BCUT2D eigenvalue weighted by atomic mass is 9.96. The van der Waals surface area contributed by atoms with Gasteiger partial charge < -0.3 is 9.80 Å². The maximum atomic E-state index is 12.4. The molecule has 22 heavy (non-hydrogen) atoms. The summed E-state index contributed by atoms with van der Waals surface area (Å²) < 4.78 is 0. The van der Waals surface area contributed by atoms with Gasteiger partial charge in [-0.1, -0.05) is 41.9 Å². The molecule has 0 radical (unpaired) electrons. The fourth-order valence-corrected chi connectivity index (χ4v) is 3.00. The molecule has 0 aliphatic carbocycles. The fourth-order valence-electron chi connectivity index (χ4n) is 2.82. The minimum atomic E-state index is -0.551. The normalized spacial score (nSPS) is 18.2. The molecular weight excluding hydrogens is 300 g/mol. The number of likely N-dealkylation sites (N-methyl/N-ethyl adjacent to an activating group) is 2. The van der Waals surface area contributed by atoms with E-state index in [1.165, 1.54) is 9.80 Å². The molecule has 0 N–H and O–H groups in total. The Hall–Kier alpha value is -2.33. The Morgan fingerprint density at radius 2 is 1.64 bits per heavy atom. The van der Waals surface area contributed by atoms with Crippen LogP contribution < -0.4 is 4.90 Å². The largest absolute Gasteiger partial charge is 0.326 e. The van der Waals surface area contributed by atoms with E-state index in [9.17, 15) is 9.59 Å². The molecule has 5 heteroatoms. The van der Waals surface area contributed by atoms with Crippen LogP contribution in [0.4, 0.5) is 5.69 Å². The fraction of sp³-hybridized carbons (Fsp3) is 0.176. The molecule has 2 aromatic rings. The summed E-state index contributed by atoms with van der Waals surface area (Å²) in [6, 6.07) is 14.6. The number of halogens is 1. The molecule has 0 saturated heterocycles. The van der Waals surface area contributed by atoms with Crippen molar-refractivity contribution in [3.63, 3.8) is 0 Å². The highest BCUT2D eigenvalue weighted by molar-refractivity contribution is 6.40. The van der Waals surface area contributed by atoms with Gasteiger partial charge in [0.05, 0.1) is 6.04 Å². The SMILES string of the molecule is CN1C(=O)C(=O)N(C)C(c2ccccc2)c2cc(Cl)ccc21. The molecule has 0 saturated carbocycles. The number of amides is 2. The number of nitrogens with zero attached hydrogens (tertiary/aromatic N) is 2. The van der Waals surface area contributed by atoms with Crippen LogP contribution in [0.3, 0.4) is 0 Å². The number of hydrogen-bond donors (Lipinski definition) is 0. The molecule has 4 nitrogen and oxygen atoms in total. The minimum Gasteiger partial charge on any atom is -0.326 e. The first-order valence-corrected chi connectivity index (χ1v) is 7.27. The standard InChI is InChI=1S/C17H15ClN2O2/c1-19-14-9-8-12(18)10-13(14)15(11-6-4-3-5-7-11)20(2)17(22)16(19)21/h3-10,15H,1-2H3. The summed E-state index contributed by atoms with van der Waals surface area (Å²) in [6.07, 6.45) is 0. The smallest absolute Gasteiger partial charge is 0.316 e. The van der Waals surface area contributed by atoms with Gasteiger partial charge in [-0.05, 0) is 23.8 Å². The lowest BCUT2D eigenvalue weighted by Crippen LogP contribution is -2.40. The van der Waals surface area contributed by atoms with E-state index in [1.807, 2.05) is 36.4 Å². The summed E-state index contributed by atoms with van der Waals surface area (Å²) in [5, 5.41) is 0.572. The predicted octanol–water partition coefficient (Wildman–Crippen LogP) is 2.86. The lowest BCUT2D eigenvalue weighted by molar-refractivity contribution is -0.144. The molecule has 1 atom stereocenters. The van der Waals surface area contributed by atoms with Crippen molar-refractivity contribution in [1.29, 1.82) is 0 Å². The van der Waals surface area contributed by atoms with Gasteiger partial charge in [0.15, 0.2) is 0 Å². The van der Waals surface area contributed by atoms with Crippen LogP contribution in [0.25, 0.3) is 0 Å². The summed E-state index contributed by atoms with van der Waals surface area (Å²) in [6.45, 7) is 0. The highest BCUT2D eigenvalue weighted by atomic mass is 35.5. The van der Waals surface area contributed by atoms with Crippen LogP contribution in [0.5, 0.6) is 0 Å². The Bertz CT molecular complexity index is 746. The van der Waals surface area contributed by atoms with Gasteiger partial charge in [0, 0.05) is 30.4 Å². The van der Waals surface area contributed by atoms with Gasteiger partial charge in [-0.2, -0.15) is 0 Å². The van der Waals surface area contributed by atoms with Crippen molar-refractivity contribution in [2.24, 2.45) is 0 Å². The third-order valence-electron chi connectivity index (χ3n) is 3.96. The molecule has 1 heterocycles. The van der Waals surface area contributed by atoms with Gasteiger partial charge >= 0.3 is 11.8 Å². The van der Waals surface area contributed by atoms with Crippen LogP contribution in [0, 0.1) is 0 Å². The number of rotatable bonds is 1. The second-order valence-electron chi connectivity index (χ2n) is 5.30. The first-order chi connectivity index (χ1) is 10.5. The Morgan fingerprint density at radius 3 is 2.32 bits per heavy atom. The first kappa shape index (κ1) is 14.6. The highest BCUT2D eigenvalue weighted by Gasteiger charge is 2.36. The Labute approximate surface area is 133 Å². The topological polar surface area (TPSA) is 40.6 Å². The van der Waals surface area contributed by atoms with E-state index in [-0.39, 0.29) is 6.04 Å². The van der Waals surface area contributed by atoms with Crippen molar-refractivity contribution in [2.45, 2.75) is 6.04 Å². The summed E-state index contributed by atoms with van der Waals surface area (Å²) in [4.78, 5) is 27.5. The molecule has 0 bridgehead atoms. The number of carbonyl (C=O) groups is 2. The summed E-state index contributed by atoms with van der Waals surface area (Å²) >= 11 is 6.14. The van der Waals surface area contributed by atoms with Gasteiger partial charge in [-0.3, -0.25) is 9.59 Å². The van der Waals surface area contributed by atoms with Crippen molar-refractivity contribution >= 4 is 29.1 Å². The van der Waals surface area contributed by atoms with E-state index < -0.39 is 11.8 Å². The molecule has 2 aromatic carbocycles. The van der Waals surface area contributed by atoms with E-state index in [4.69, 9.17) is 11.6 Å². The van der Waals surface area contributed by atoms with Gasteiger partial charge in [0.25, 0.3) is 0 Å². The molecule has 1 aliphatic rings. The first-order valence-electron chi connectivity index (χ1n) is 6.90. The monoisotopic (exact) mass is 314 g/mol. The van der Waals surface area contributed by atoms with Crippen LogP contribution in [0.2, 0.25) is 5.02 Å². The predicted molar refractivity (Wildman–Crippen MR) is 85.9 cm³/mol. The van der Waals surface area contributed by atoms with Gasteiger partial charge in [0.1, 0.15) is 0 Å². The third-order valence-corrected chi connectivity index (χ3v) is 4.19. The second-order valence-corrected chi connectivity index (χ2v) is 5.73. The van der Waals surface area contributed by atoms with Crippen molar-refractivity contribution in [3.8, 4) is 0 Å². The Balaban J connectivity index is 2.27. The number of benzene rings is 2. The molecule has 112 valence electrons. The molecule has 1 unspecified atom stereocenters. The van der Waals surface area contributed by atoms with Gasteiger partial charge in [-0.25, -0.2) is 0 Å². The number of carbonyl (C=O) groups excluding carboxylic acids is 2. The zero-order chi connectivity index (χ0) is 15.9. The second kappa shape index (κ2) is 5.46.